The highest BCUT2D eigenvalue weighted by Gasteiger charge is 2.36. The van der Waals surface area contributed by atoms with E-state index in [2.05, 4.69) is 43.5 Å². The van der Waals surface area contributed by atoms with E-state index in [4.69, 9.17) is 0 Å². The molecule has 2 aliphatic rings. The molecule has 0 amide bonds. The first-order valence-corrected chi connectivity index (χ1v) is 10.2. The van der Waals surface area contributed by atoms with Gasteiger partial charge in [0, 0.05) is 37.3 Å². The smallest absolute Gasteiger partial charge is 0.152 e. The SMILES string of the molecule is C=CC1CC1.CNc1cc2cc(-c3cncc(NCC4(F)CNC4)n3)ccc2cn1. The number of anilines is 2. The molecule has 1 saturated carbocycles. The van der Waals surface area contributed by atoms with E-state index in [1.165, 1.54) is 12.8 Å². The maximum Gasteiger partial charge on any atom is 0.152 e. The van der Waals surface area contributed by atoms with Gasteiger partial charge in [0.15, 0.2) is 5.67 Å². The zero-order valence-corrected chi connectivity index (χ0v) is 17.2. The third kappa shape index (κ3) is 4.91. The molecular weight excluding hydrogens is 379 g/mol. The van der Waals surface area contributed by atoms with Gasteiger partial charge in [0.1, 0.15) is 11.6 Å². The maximum atomic E-state index is 14.1. The lowest BCUT2D eigenvalue weighted by Crippen LogP contribution is -2.59. The van der Waals surface area contributed by atoms with E-state index in [0.29, 0.717) is 18.9 Å². The van der Waals surface area contributed by atoms with Crippen LogP contribution in [0, 0.1) is 5.92 Å². The number of halogens is 1. The molecule has 7 heteroatoms. The molecule has 0 spiro atoms. The molecule has 0 bridgehead atoms. The van der Waals surface area contributed by atoms with Crippen LogP contribution >= 0.6 is 0 Å². The standard InChI is InChI=1S/C18H19FN6.C5H8/c1-20-16-5-14-4-12(2-3-13(14)6-23-16)15-7-21-8-17(25-15)24-11-18(19)9-22-10-18;1-2-5-3-4-5/h2-8,22H,9-11H2,1H3,(H,20,23)(H,24,25);2,5H,1,3-4H2. The minimum absolute atomic E-state index is 0.229. The summed E-state index contributed by atoms with van der Waals surface area (Å²) < 4.78 is 14.1. The third-order valence-electron chi connectivity index (χ3n) is 5.33. The van der Waals surface area contributed by atoms with Crippen LogP contribution in [-0.4, -0.2) is 47.3 Å². The Balaban J connectivity index is 0.000000383. The lowest BCUT2D eigenvalue weighted by atomic mass is 10.00. The average Bonchev–Trinajstić information content (AvgIpc) is 3.61. The monoisotopic (exact) mass is 406 g/mol. The van der Waals surface area contributed by atoms with Gasteiger partial charge in [0.2, 0.25) is 0 Å². The van der Waals surface area contributed by atoms with Crippen molar-refractivity contribution in [3.63, 3.8) is 0 Å². The Bertz CT molecular complexity index is 1030. The van der Waals surface area contributed by atoms with E-state index < -0.39 is 5.67 Å². The lowest BCUT2D eigenvalue weighted by molar-refractivity contribution is 0.106. The Hall–Kier alpha value is -3.06. The molecule has 0 unspecified atom stereocenters. The van der Waals surface area contributed by atoms with Gasteiger partial charge in [-0.15, -0.1) is 6.58 Å². The van der Waals surface area contributed by atoms with E-state index in [-0.39, 0.29) is 6.54 Å². The first-order chi connectivity index (χ1) is 14.6. The zero-order chi connectivity index (χ0) is 21.0. The number of rotatable bonds is 6. The Labute approximate surface area is 176 Å². The minimum Gasteiger partial charge on any atom is -0.373 e. The van der Waals surface area contributed by atoms with Crippen LogP contribution < -0.4 is 16.0 Å². The average molecular weight is 407 g/mol. The third-order valence-corrected chi connectivity index (χ3v) is 5.33. The number of fused-ring (bicyclic) bond motifs is 1. The van der Waals surface area contributed by atoms with Crippen molar-refractivity contribution in [2.45, 2.75) is 18.5 Å². The molecule has 3 heterocycles. The van der Waals surface area contributed by atoms with Crippen molar-refractivity contribution < 1.29 is 4.39 Å². The van der Waals surface area contributed by atoms with Crippen LogP contribution in [0.5, 0.6) is 0 Å². The topological polar surface area (TPSA) is 74.8 Å². The van der Waals surface area contributed by atoms with Crippen molar-refractivity contribution in [2.75, 3.05) is 37.3 Å². The van der Waals surface area contributed by atoms with Crippen molar-refractivity contribution in [1.29, 1.82) is 0 Å². The number of pyridine rings is 1. The highest BCUT2D eigenvalue weighted by atomic mass is 19.1. The lowest BCUT2D eigenvalue weighted by Gasteiger charge is -2.35. The molecule has 3 N–H and O–H groups in total. The van der Waals surface area contributed by atoms with Crippen molar-refractivity contribution in [3.05, 3.63) is 55.5 Å². The van der Waals surface area contributed by atoms with Gasteiger partial charge in [-0.05, 0) is 36.3 Å². The molecule has 3 aromatic rings. The van der Waals surface area contributed by atoms with Crippen LogP contribution in [0.4, 0.5) is 16.0 Å². The summed E-state index contributed by atoms with van der Waals surface area (Å²) in [5.74, 6) is 2.29. The molecule has 2 fully saturated rings. The van der Waals surface area contributed by atoms with Crippen molar-refractivity contribution >= 4 is 22.4 Å². The number of hydrogen-bond acceptors (Lipinski definition) is 6. The quantitative estimate of drug-likeness (QED) is 0.537. The fourth-order valence-corrected chi connectivity index (χ4v) is 3.13. The summed E-state index contributed by atoms with van der Waals surface area (Å²) in [6, 6.07) is 8.04. The van der Waals surface area contributed by atoms with Crippen molar-refractivity contribution in [1.82, 2.24) is 20.3 Å². The summed E-state index contributed by atoms with van der Waals surface area (Å²) in [6.45, 7) is 4.60. The Kier molecular flexibility index (Phi) is 5.90. The molecule has 0 radical (unpaired) electrons. The Morgan fingerprint density at radius 1 is 1.17 bits per heavy atom. The van der Waals surface area contributed by atoms with Gasteiger partial charge >= 0.3 is 0 Å². The van der Waals surface area contributed by atoms with E-state index in [0.717, 1.165) is 33.8 Å². The first kappa shape index (κ1) is 20.2. The van der Waals surface area contributed by atoms with Crippen LogP contribution in [0.2, 0.25) is 0 Å². The maximum absolute atomic E-state index is 14.1. The van der Waals surface area contributed by atoms with Gasteiger partial charge in [0.25, 0.3) is 0 Å². The predicted octanol–water partition coefficient (Wildman–Crippen LogP) is 4.04. The second kappa shape index (κ2) is 8.75. The Morgan fingerprint density at radius 3 is 2.63 bits per heavy atom. The molecule has 30 heavy (non-hydrogen) atoms. The van der Waals surface area contributed by atoms with Gasteiger partial charge in [-0.3, -0.25) is 4.98 Å². The van der Waals surface area contributed by atoms with E-state index >= 15 is 0 Å². The van der Waals surface area contributed by atoms with Gasteiger partial charge in [0.05, 0.1) is 24.6 Å². The highest BCUT2D eigenvalue weighted by Crippen LogP contribution is 2.29. The van der Waals surface area contributed by atoms with Crippen LogP contribution in [-0.2, 0) is 0 Å². The molecule has 1 aliphatic heterocycles. The molecule has 1 aromatic carbocycles. The molecule has 6 nitrogen and oxygen atoms in total. The number of nitrogens with zero attached hydrogens (tertiary/aromatic N) is 3. The summed E-state index contributed by atoms with van der Waals surface area (Å²) in [4.78, 5) is 13.1. The number of aromatic nitrogens is 3. The number of nitrogens with one attached hydrogen (secondary N) is 3. The zero-order valence-electron chi connectivity index (χ0n) is 17.2. The summed E-state index contributed by atoms with van der Waals surface area (Å²) >= 11 is 0. The van der Waals surface area contributed by atoms with E-state index in [1.807, 2.05) is 37.5 Å². The largest absolute Gasteiger partial charge is 0.373 e. The molecule has 5 rings (SSSR count). The van der Waals surface area contributed by atoms with Gasteiger partial charge in [-0.1, -0.05) is 18.2 Å². The fraction of sp³-hybridized carbons (Fsp3) is 0.348. The van der Waals surface area contributed by atoms with Crippen LogP contribution in [0.25, 0.3) is 22.0 Å². The van der Waals surface area contributed by atoms with E-state index in [9.17, 15) is 4.39 Å². The normalized spacial score (nSPS) is 16.7. The molecule has 1 saturated heterocycles. The summed E-state index contributed by atoms with van der Waals surface area (Å²) in [6.07, 6.45) is 9.97. The highest BCUT2D eigenvalue weighted by molar-refractivity contribution is 5.88. The van der Waals surface area contributed by atoms with Crippen molar-refractivity contribution in [2.24, 2.45) is 5.92 Å². The fourth-order valence-electron chi connectivity index (χ4n) is 3.13. The van der Waals surface area contributed by atoms with Crippen LogP contribution in [0.3, 0.4) is 0 Å². The van der Waals surface area contributed by atoms with Gasteiger partial charge in [-0.25, -0.2) is 14.4 Å². The number of allylic oxidation sites excluding steroid dienone is 1. The second-order valence-corrected chi connectivity index (χ2v) is 7.85. The van der Waals surface area contributed by atoms with E-state index in [1.54, 1.807) is 12.4 Å². The number of hydrogen-bond donors (Lipinski definition) is 3. The summed E-state index contributed by atoms with van der Waals surface area (Å²) in [5.41, 5.74) is 0.503. The van der Waals surface area contributed by atoms with Crippen molar-refractivity contribution in [3.8, 4) is 11.3 Å². The molecule has 156 valence electrons. The second-order valence-electron chi connectivity index (χ2n) is 7.85. The minimum atomic E-state index is -1.20. The number of benzene rings is 1. The first-order valence-electron chi connectivity index (χ1n) is 10.2. The summed E-state index contributed by atoms with van der Waals surface area (Å²) in [7, 11) is 1.84. The Morgan fingerprint density at radius 2 is 2.00 bits per heavy atom. The number of alkyl halides is 1. The molecule has 2 aromatic heterocycles. The summed E-state index contributed by atoms with van der Waals surface area (Å²) in [5, 5.41) is 11.2. The van der Waals surface area contributed by atoms with Gasteiger partial charge in [-0.2, -0.15) is 0 Å². The molecule has 1 aliphatic carbocycles. The van der Waals surface area contributed by atoms with Crippen LogP contribution in [0.15, 0.2) is 55.5 Å². The predicted molar refractivity (Wildman–Crippen MR) is 120 cm³/mol. The molecule has 0 atom stereocenters. The van der Waals surface area contributed by atoms with Crippen LogP contribution in [0.1, 0.15) is 12.8 Å². The molecular formula is C23H27FN6. The van der Waals surface area contributed by atoms with Gasteiger partial charge < -0.3 is 16.0 Å².